The summed E-state index contributed by atoms with van der Waals surface area (Å²) in [6, 6.07) is 8.87. The number of fused-ring (bicyclic) bond motifs is 1. The summed E-state index contributed by atoms with van der Waals surface area (Å²) in [6.45, 7) is 3.19. The summed E-state index contributed by atoms with van der Waals surface area (Å²) < 4.78 is 0. The second kappa shape index (κ2) is 6.08. The number of halogens is 1. The van der Waals surface area contributed by atoms with Crippen LogP contribution < -0.4 is 5.32 Å². The van der Waals surface area contributed by atoms with Gasteiger partial charge in [-0.1, -0.05) is 42.8 Å². The molecule has 1 heterocycles. The Balaban J connectivity index is 0.00000133. The highest BCUT2D eigenvalue weighted by Crippen LogP contribution is 2.31. The van der Waals surface area contributed by atoms with Gasteiger partial charge in [-0.25, -0.2) is 0 Å². The first kappa shape index (κ1) is 14.6. The van der Waals surface area contributed by atoms with Crippen molar-refractivity contribution in [1.82, 2.24) is 5.32 Å². The Morgan fingerprint density at radius 3 is 2.79 bits per heavy atom. The maximum absolute atomic E-state index is 10.00. The Morgan fingerprint density at radius 1 is 1.26 bits per heavy atom. The zero-order chi connectivity index (χ0) is 12.5. The topological polar surface area (TPSA) is 32.3 Å². The second-order valence-corrected chi connectivity index (χ2v) is 5.54. The van der Waals surface area contributed by atoms with E-state index in [1.54, 1.807) is 0 Å². The van der Waals surface area contributed by atoms with Gasteiger partial charge in [-0.3, -0.25) is 0 Å². The van der Waals surface area contributed by atoms with Crippen LogP contribution in [-0.2, 0) is 6.42 Å². The SMILES string of the molecule is CC(C1=Cc2ccccc2CC1)C1NCCC1O.Cl. The molecule has 0 amide bonds. The van der Waals surface area contributed by atoms with E-state index in [9.17, 15) is 5.11 Å². The van der Waals surface area contributed by atoms with Crippen molar-refractivity contribution in [3.05, 3.63) is 41.0 Å². The quantitative estimate of drug-likeness (QED) is 0.873. The maximum atomic E-state index is 10.00. The van der Waals surface area contributed by atoms with E-state index in [1.807, 2.05) is 0 Å². The van der Waals surface area contributed by atoms with Gasteiger partial charge in [0.2, 0.25) is 0 Å². The highest BCUT2D eigenvalue weighted by molar-refractivity contribution is 5.85. The summed E-state index contributed by atoms with van der Waals surface area (Å²) in [6.07, 6.45) is 5.30. The minimum absolute atomic E-state index is 0. The van der Waals surface area contributed by atoms with Crippen molar-refractivity contribution in [2.45, 2.75) is 38.3 Å². The van der Waals surface area contributed by atoms with Gasteiger partial charge in [0.25, 0.3) is 0 Å². The van der Waals surface area contributed by atoms with Gasteiger partial charge in [0.1, 0.15) is 0 Å². The molecule has 2 aliphatic rings. The van der Waals surface area contributed by atoms with E-state index in [0.29, 0.717) is 5.92 Å². The number of benzene rings is 1. The zero-order valence-electron chi connectivity index (χ0n) is 11.3. The number of aryl methyl sites for hydroxylation is 1. The maximum Gasteiger partial charge on any atom is 0.0711 e. The Kier molecular flexibility index (Phi) is 4.67. The third kappa shape index (κ3) is 2.86. The molecule has 19 heavy (non-hydrogen) atoms. The van der Waals surface area contributed by atoms with Crippen LogP contribution in [0.5, 0.6) is 0 Å². The van der Waals surface area contributed by atoms with Gasteiger partial charge in [0.15, 0.2) is 0 Å². The van der Waals surface area contributed by atoms with Crippen LogP contribution in [0.1, 0.15) is 30.9 Å². The van der Waals surface area contributed by atoms with Gasteiger partial charge in [0, 0.05) is 6.04 Å². The van der Waals surface area contributed by atoms with E-state index < -0.39 is 0 Å². The molecule has 1 aliphatic heterocycles. The summed E-state index contributed by atoms with van der Waals surface area (Å²) in [5.74, 6) is 0.427. The van der Waals surface area contributed by atoms with E-state index in [2.05, 4.69) is 42.6 Å². The van der Waals surface area contributed by atoms with Crippen LogP contribution in [0.4, 0.5) is 0 Å². The fourth-order valence-electron chi connectivity index (χ4n) is 3.27. The highest BCUT2D eigenvalue weighted by Gasteiger charge is 2.31. The van der Waals surface area contributed by atoms with Crippen LogP contribution >= 0.6 is 12.4 Å². The number of rotatable bonds is 2. The van der Waals surface area contributed by atoms with Gasteiger partial charge in [-0.15, -0.1) is 12.4 Å². The van der Waals surface area contributed by atoms with E-state index in [4.69, 9.17) is 0 Å². The third-order valence-electron chi connectivity index (χ3n) is 4.44. The van der Waals surface area contributed by atoms with E-state index in [0.717, 1.165) is 25.8 Å². The lowest BCUT2D eigenvalue weighted by molar-refractivity contribution is 0.142. The van der Waals surface area contributed by atoms with E-state index >= 15 is 0 Å². The van der Waals surface area contributed by atoms with Crippen molar-refractivity contribution in [1.29, 1.82) is 0 Å². The van der Waals surface area contributed by atoms with Crippen LogP contribution in [-0.4, -0.2) is 23.8 Å². The molecule has 0 aromatic heterocycles. The molecule has 0 spiro atoms. The Morgan fingerprint density at radius 2 is 2.05 bits per heavy atom. The van der Waals surface area contributed by atoms with Crippen molar-refractivity contribution in [3.63, 3.8) is 0 Å². The van der Waals surface area contributed by atoms with E-state index in [1.165, 1.54) is 16.7 Å². The lowest BCUT2D eigenvalue weighted by Gasteiger charge is -2.28. The largest absolute Gasteiger partial charge is 0.391 e. The smallest absolute Gasteiger partial charge is 0.0711 e. The molecule has 104 valence electrons. The molecule has 1 fully saturated rings. The number of aliphatic hydroxyl groups excluding tert-OH is 1. The molecular weight excluding hydrogens is 258 g/mol. The lowest BCUT2D eigenvalue weighted by Crippen LogP contribution is -2.37. The first-order valence-electron chi connectivity index (χ1n) is 6.95. The Labute approximate surface area is 121 Å². The average molecular weight is 280 g/mol. The fourth-order valence-corrected chi connectivity index (χ4v) is 3.27. The molecule has 0 bridgehead atoms. The number of hydrogen-bond donors (Lipinski definition) is 2. The van der Waals surface area contributed by atoms with Gasteiger partial charge < -0.3 is 10.4 Å². The second-order valence-electron chi connectivity index (χ2n) is 5.54. The van der Waals surface area contributed by atoms with Crippen molar-refractivity contribution in [2.75, 3.05) is 6.54 Å². The molecule has 3 rings (SSSR count). The normalized spacial score (nSPS) is 27.2. The number of nitrogens with one attached hydrogen (secondary N) is 1. The Bertz CT molecular complexity index is 472. The third-order valence-corrected chi connectivity index (χ3v) is 4.44. The first-order valence-corrected chi connectivity index (χ1v) is 6.95. The molecule has 2 nitrogen and oxygen atoms in total. The van der Waals surface area contributed by atoms with Crippen molar-refractivity contribution in [2.24, 2.45) is 5.92 Å². The standard InChI is InChI=1S/C16H21NO.ClH/c1-11(16-15(18)8-9-17-16)13-7-6-12-4-2-3-5-14(12)10-13;/h2-5,10-11,15-18H,6-9H2,1H3;1H. The first-order chi connectivity index (χ1) is 8.75. The minimum atomic E-state index is -0.182. The van der Waals surface area contributed by atoms with Crippen LogP contribution in [0.3, 0.4) is 0 Å². The minimum Gasteiger partial charge on any atom is -0.391 e. The van der Waals surface area contributed by atoms with Crippen LogP contribution in [0.15, 0.2) is 29.8 Å². The molecule has 1 saturated heterocycles. The molecule has 0 radical (unpaired) electrons. The molecule has 1 aliphatic carbocycles. The summed E-state index contributed by atoms with van der Waals surface area (Å²) in [4.78, 5) is 0. The van der Waals surface area contributed by atoms with Crippen LogP contribution in [0.25, 0.3) is 6.08 Å². The van der Waals surface area contributed by atoms with Gasteiger partial charge in [-0.05, 0) is 42.9 Å². The average Bonchev–Trinajstić information content (AvgIpc) is 2.83. The molecule has 3 unspecified atom stereocenters. The Hall–Kier alpha value is -0.830. The molecule has 1 aromatic carbocycles. The van der Waals surface area contributed by atoms with Crippen molar-refractivity contribution in [3.8, 4) is 0 Å². The molecule has 0 saturated carbocycles. The van der Waals surface area contributed by atoms with Crippen LogP contribution in [0, 0.1) is 5.92 Å². The lowest BCUT2D eigenvalue weighted by atomic mass is 9.82. The monoisotopic (exact) mass is 279 g/mol. The molecular formula is C16H22ClNO. The zero-order valence-corrected chi connectivity index (χ0v) is 12.1. The number of aliphatic hydroxyl groups is 1. The summed E-state index contributed by atoms with van der Waals surface area (Å²) in [5, 5.41) is 13.4. The highest BCUT2D eigenvalue weighted by atomic mass is 35.5. The van der Waals surface area contributed by atoms with Crippen molar-refractivity contribution >= 4 is 18.5 Å². The predicted molar refractivity (Wildman–Crippen MR) is 81.6 cm³/mol. The molecule has 3 atom stereocenters. The van der Waals surface area contributed by atoms with Gasteiger partial charge >= 0.3 is 0 Å². The van der Waals surface area contributed by atoms with Gasteiger partial charge in [0.05, 0.1) is 6.10 Å². The fraction of sp³-hybridized carbons (Fsp3) is 0.500. The van der Waals surface area contributed by atoms with Crippen molar-refractivity contribution < 1.29 is 5.11 Å². The molecule has 2 N–H and O–H groups in total. The van der Waals surface area contributed by atoms with Gasteiger partial charge in [-0.2, -0.15) is 0 Å². The van der Waals surface area contributed by atoms with E-state index in [-0.39, 0.29) is 24.6 Å². The predicted octanol–water partition coefficient (Wildman–Crippen LogP) is 2.80. The number of hydrogen-bond acceptors (Lipinski definition) is 2. The molecule has 1 aromatic rings. The van der Waals surface area contributed by atoms with Crippen LogP contribution in [0.2, 0.25) is 0 Å². The summed E-state index contributed by atoms with van der Waals surface area (Å²) in [7, 11) is 0. The summed E-state index contributed by atoms with van der Waals surface area (Å²) in [5.41, 5.74) is 4.29. The summed E-state index contributed by atoms with van der Waals surface area (Å²) >= 11 is 0. The molecule has 3 heteroatoms.